The lowest BCUT2D eigenvalue weighted by molar-refractivity contribution is -0.173. The first-order valence-electron chi connectivity index (χ1n) is 5.88. The Bertz CT molecular complexity index is 659. The zero-order valence-corrected chi connectivity index (χ0v) is 13.0. The zero-order valence-electron chi connectivity index (χ0n) is 11.5. The third-order valence-electron chi connectivity index (χ3n) is 2.57. The summed E-state index contributed by atoms with van der Waals surface area (Å²) < 4.78 is 41.3. The molecule has 0 bridgehead atoms. The monoisotopic (exact) mass is 371 g/mol. The van der Waals surface area contributed by atoms with E-state index < -0.39 is 30.2 Å². The van der Waals surface area contributed by atoms with Crippen LogP contribution in [0, 0.1) is 0 Å². The van der Waals surface area contributed by atoms with E-state index in [0.29, 0.717) is 0 Å². The minimum atomic E-state index is -5.11. The largest absolute Gasteiger partial charge is 0.496 e. The Morgan fingerprint density at radius 3 is 2.35 bits per heavy atom. The van der Waals surface area contributed by atoms with E-state index >= 15 is 0 Å². The topological polar surface area (TPSA) is 75.6 Å². The third kappa shape index (κ3) is 5.33. The van der Waals surface area contributed by atoms with E-state index in [2.05, 4.69) is 0 Å². The number of rotatable bonds is 5. The second-order valence-corrected chi connectivity index (χ2v) is 4.98. The number of carboxylic acids is 1. The van der Waals surface area contributed by atoms with Crippen molar-refractivity contribution >= 4 is 41.2 Å². The first-order valence-corrected chi connectivity index (χ1v) is 6.63. The van der Waals surface area contributed by atoms with E-state index in [1.807, 2.05) is 0 Å². The number of hydrogen-bond acceptors (Lipinski definition) is 3. The Balaban J connectivity index is 3.11. The molecule has 0 radical (unpaired) electrons. The van der Waals surface area contributed by atoms with E-state index in [0.717, 1.165) is 6.08 Å². The summed E-state index contributed by atoms with van der Waals surface area (Å²) in [5, 5.41) is 10.8. The maximum absolute atomic E-state index is 12.1. The van der Waals surface area contributed by atoms with Crippen molar-refractivity contribution in [3.63, 3.8) is 0 Å². The van der Waals surface area contributed by atoms with Crippen molar-refractivity contribution in [2.24, 2.45) is 0 Å². The lowest BCUT2D eigenvalue weighted by atomic mass is 10.1. The molecule has 0 aliphatic carbocycles. The highest BCUT2D eigenvalue weighted by Crippen LogP contribution is 2.31. The van der Waals surface area contributed by atoms with Gasteiger partial charge in [-0.25, -0.2) is 4.79 Å². The van der Waals surface area contributed by atoms with Gasteiger partial charge in [0.1, 0.15) is 5.75 Å². The van der Waals surface area contributed by atoms with Gasteiger partial charge in [-0.15, -0.1) is 0 Å². The van der Waals surface area contributed by atoms with Crippen molar-refractivity contribution in [1.82, 2.24) is 5.32 Å². The van der Waals surface area contributed by atoms with Gasteiger partial charge in [-0.2, -0.15) is 13.2 Å². The second kappa shape index (κ2) is 7.56. The van der Waals surface area contributed by atoms with Crippen LogP contribution in [0.4, 0.5) is 13.2 Å². The lowest BCUT2D eigenvalue weighted by Crippen LogP contribution is -2.38. The molecule has 0 spiro atoms. The average Bonchev–Trinajstić information content (AvgIpc) is 2.44. The van der Waals surface area contributed by atoms with Crippen molar-refractivity contribution in [1.29, 1.82) is 0 Å². The third-order valence-corrected chi connectivity index (χ3v) is 3.30. The molecule has 2 N–H and O–H groups in total. The molecule has 23 heavy (non-hydrogen) atoms. The van der Waals surface area contributed by atoms with Gasteiger partial charge in [-0.05, 0) is 12.1 Å². The first-order chi connectivity index (χ1) is 10.6. The van der Waals surface area contributed by atoms with Crippen LogP contribution in [0.2, 0.25) is 10.0 Å². The normalized spacial score (nSPS) is 12.0. The summed E-state index contributed by atoms with van der Waals surface area (Å²) in [6, 6.07) is 2.61. The van der Waals surface area contributed by atoms with Gasteiger partial charge in [0.05, 0.1) is 29.3 Å². The molecule has 1 aromatic carbocycles. The number of amides is 1. The Kier molecular flexibility index (Phi) is 6.28. The minimum Gasteiger partial charge on any atom is -0.496 e. The number of aliphatic carboxylic acids is 1. The molecule has 0 unspecified atom stereocenters. The van der Waals surface area contributed by atoms with Crippen molar-refractivity contribution in [3.8, 4) is 5.75 Å². The van der Waals surface area contributed by atoms with Crippen LogP contribution < -0.4 is 10.1 Å². The minimum absolute atomic E-state index is 0.0998. The fourth-order valence-corrected chi connectivity index (χ4v) is 1.81. The molecule has 0 heterocycles. The Morgan fingerprint density at radius 2 is 1.87 bits per heavy atom. The summed E-state index contributed by atoms with van der Waals surface area (Å²) in [5.41, 5.74) is -0.320. The highest BCUT2D eigenvalue weighted by Gasteiger charge is 2.38. The summed E-state index contributed by atoms with van der Waals surface area (Å²) >= 11 is 11.6. The fraction of sp³-hybridized carbons (Fsp3) is 0.231. The van der Waals surface area contributed by atoms with Crippen molar-refractivity contribution in [2.45, 2.75) is 6.18 Å². The van der Waals surface area contributed by atoms with Gasteiger partial charge in [0.25, 0.3) is 0 Å². The number of ether oxygens (including phenoxy) is 1. The van der Waals surface area contributed by atoms with E-state index in [-0.39, 0.29) is 21.4 Å². The number of benzene rings is 1. The first kappa shape index (κ1) is 19.1. The molecule has 0 atom stereocenters. The molecule has 0 aromatic heterocycles. The predicted molar refractivity (Wildman–Crippen MR) is 77.7 cm³/mol. The summed E-state index contributed by atoms with van der Waals surface area (Å²) in [4.78, 5) is 21.9. The van der Waals surface area contributed by atoms with Gasteiger partial charge in [-0.3, -0.25) is 4.79 Å². The predicted octanol–water partition coefficient (Wildman–Crippen LogP) is 3.15. The SMILES string of the molecule is COc1cc(Cl)c(Cl)cc1C=C(CNC(=O)C(F)(F)F)C(=O)O. The van der Waals surface area contributed by atoms with Crippen molar-refractivity contribution < 1.29 is 32.6 Å². The molecule has 0 fully saturated rings. The molecule has 0 saturated carbocycles. The fourth-order valence-electron chi connectivity index (χ4n) is 1.49. The molecule has 0 saturated heterocycles. The molecule has 10 heteroatoms. The summed E-state index contributed by atoms with van der Waals surface area (Å²) in [6.07, 6.45) is -4.08. The number of hydrogen-bond donors (Lipinski definition) is 2. The van der Waals surface area contributed by atoms with Crippen LogP contribution in [-0.2, 0) is 9.59 Å². The van der Waals surface area contributed by atoms with Gasteiger partial charge < -0.3 is 15.2 Å². The number of halogens is 5. The number of carboxylic acid groups (broad SMARTS) is 1. The molecule has 5 nitrogen and oxygen atoms in total. The smallest absolute Gasteiger partial charge is 0.471 e. The van der Waals surface area contributed by atoms with Crippen LogP contribution in [0.1, 0.15) is 5.56 Å². The second-order valence-electron chi connectivity index (χ2n) is 4.16. The summed E-state index contributed by atoms with van der Waals surface area (Å²) in [5.74, 6) is -3.59. The van der Waals surface area contributed by atoms with E-state index in [1.165, 1.54) is 24.6 Å². The Labute approximate surface area is 138 Å². The van der Waals surface area contributed by atoms with Gasteiger partial charge in [-0.1, -0.05) is 23.2 Å². The lowest BCUT2D eigenvalue weighted by Gasteiger charge is -2.10. The van der Waals surface area contributed by atoms with Crippen LogP contribution in [0.5, 0.6) is 5.75 Å². The molecular weight excluding hydrogens is 362 g/mol. The number of carbonyl (C=O) groups excluding carboxylic acids is 1. The number of nitrogens with one attached hydrogen (secondary N) is 1. The van der Waals surface area contributed by atoms with E-state index in [1.54, 1.807) is 0 Å². The number of methoxy groups -OCH3 is 1. The zero-order chi connectivity index (χ0) is 17.8. The van der Waals surface area contributed by atoms with Gasteiger partial charge >= 0.3 is 18.1 Å². The number of carbonyl (C=O) groups is 2. The van der Waals surface area contributed by atoms with Gasteiger partial charge in [0.15, 0.2) is 0 Å². The standard InChI is InChI=1S/C13H10Cl2F3NO4/c1-23-10-4-9(15)8(14)3-6(10)2-7(11(20)21)5-19-12(22)13(16,17)18/h2-4H,5H2,1H3,(H,19,22)(H,20,21). The van der Waals surface area contributed by atoms with Crippen LogP contribution >= 0.6 is 23.2 Å². The maximum Gasteiger partial charge on any atom is 0.471 e. The summed E-state index contributed by atoms with van der Waals surface area (Å²) in [6.45, 7) is -0.836. The molecule has 1 rings (SSSR count). The highest BCUT2D eigenvalue weighted by atomic mass is 35.5. The van der Waals surface area contributed by atoms with Crippen molar-refractivity contribution in [3.05, 3.63) is 33.3 Å². The van der Waals surface area contributed by atoms with Gasteiger partial charge in [0.2, 0.25) is 0 Å². The highest BCUT2D eigenvalue weighted by molar-refractivity contribution is 6.42. The van der Waals surface area contributed by atoms with Crippen LogP contribution in [0.15, 0.2) is 17.7 Å². The Hall–Kier alpha value is -1.93. The average molecular weight is 372 g/mol. The quantitative estimate of drug-likeness (QED) is 0.779. The molecule has 0 aliphatic rings. The molecule has 1 aromatic rings. The van der Waals surface area contributed by atoms with Crippen LogP contribution in [-0.4, -0.2) is 36.8 Å². The summed E-state index contributed by atoms with van der Waals surface area (Å²) in [7, 11) is 1.29. The van der Waals surface area contributed by atoms with Crippen molar-refractivity contribution in [2.75, 3.05) is 13.7 Å². The Morgan fingerprint density at radius 1 is 1.30 bits per heavy atom. The van der Waals surface area contributed by atoms with Crippen LogP contribution in [0.3, 0.4) is 0 Å². The molecule has 0 aliphatic heterocycles. The maximum atomic E-state index is 12.1. The molecular formula is C13H10Cl2F3NO4. The van der Waals surface area contributed by atoms with E-state index in [4.69, 9.17) is 33.0 Å². The van der Waals surface area contributed by atoms with E-state index in [9.17, 15) is 22.8 Å². The molecule has 1 amide bonds. The van der Waals surface area contributed by atoms with Gasteiger partial charge in [0, 0.05) is 11.6 Å². The number of alkyl halides is 3. The molecule has 126 valence electrons. The van der Waals surface area contributed by atoms with Crippen LogP contribution in [0.25, 0.3) is 6.08 Å².